The van der Waals surface area contributed by atoms with Crippen molar-refractivity contribution in [3.8, 4) is 5.75 Å². The Morgan fingerprint density at radius 2 is 1.91 bits per heavy atom. The smallest absolute Gasteiger partial charge is 0.225 e. The molecule has 1 saturated heterocycles. The molecule has 2 heterocycles. The van der Waals surface area contributed by atoms with Gasteiger partial charge < -0.3 is 25.2 Å². The van der Waals surface area contributed by atoms with E-state index in [2.05, 4.69) is 37.1 Å². The Morgan fingerprint density at radius 3 is 2.62 bits per heavy atom. The molecule has 1 aromatic carbocycles. The number of anilines is 1. The van der Waals surface area contributed by atoms with Crippen LogP contribution in [0.2, 0.25) is 0 Å². The molecule has 2 aromatic rings. The molecule has 1 fully saturated rings. The van der Waals surface area contributed by atoms with Gasteiger partial charge in [-0.2, -0.15) is 0 Å². The maximum Gasteiger partial charge on any atom is 0.225 e. The van der Waals surface area contributed by atoms with Crippen LogP contribution in [0.3, 0.4) is 0 Å². The minimum Gasteiger partial charge on any atom is -0.489 e. The summed E-state index contributed by atoms with van der Waals surface area (Å²) >= 11 is 0. The van der Waals surface area contributed by atoms with Gasteiger partial charge in [0.25, 0.3) is 0 Å². The molecule has 9 heteroatoms. The second-order valence-corrected chi connectivity index (χ2v) is 7.23. The number of aromatic nitrogens is 2. The van der Waals surface area contributed by atoms with E-state index < -0.39 is 0 Å². The average molecular weight is 438 g/mol. The number of guanidine groups is 1. The summed E-state index contributed by atoms with van der Waals surface area (Å²) in [5.74, 6) is 2.30. The number of amides is 1. The van der Waals surface area contributed by atoms with Crippen LogP contribution >= 0.6 is 0 Å². The summed E-state index contributed by atoms with van der Waals surface area (Å²) in [6, 6.07) is 9.64. The SMILES string of the molecule is C=CCOc1ccccc1CNC(=NC)NCCC(=O)N1CCN(c2ncccn2)CC1. The lowest BCUT2D eigenvalue weighted by Crippen LogP contribution is -2.50. The molecule has 170 valence electrons. The van der Waals surface area contributed by atoms with Gasteiger partial charge in [0.1, 0.15) is 12.4 Å². The fourth-order valence-corrected chi connectivity index (χ4v) is 3.40. The molecule has 0 radical (unpaired) electrons. The number of hydrogen-bond acceptors (Lipinski definition) is 6. The van der Waals surface area contributed by atoms with Gasteiger partial charge in [-0.25, -0.2) is 9.97 Å². The molecule has 0 saturated carbocycles. The normalized spacial score (nSPS) is 14.1. The van der Waals surface area contributed by atoms with Gasteiger partial charge >= 0.3 is 0 Å². The predicted molar refractivity (Wildman–Crippen MR) is 126 cm³/mol. The van der Waals surface area contributed by atoms with E-state index in [9.17, 15) is 4.79 Å². The molecule has 0 unspecified atom stereocenters. The first-order valence-electron chi connectivity index (χ1n) is 10.8. The van der Waals surface area contributed by atoms with E-state index in [0.29, 0.717) is 51.1 Å². The molecule has 2 N–H and O–H groups in total. The van der Waals surface area contributed by atoms with Gasteiger partial charge in [0.2, 0.25) is 11.9 Å². The van der Waals surface area contributed by atoms with Crippen LogP contribution < -0.4 is 20.3 Å². The van der Waals surface area contributed by atoms with Gasteiger partial charge in [-0.3, -0.25) is 9.79 Å². The fraction of sp³-hybridized carbons (Fsp3) is 0.391. The zero-order valence-corrected chi connectivity index (χ0v) is 18.5. The maximum absolute atomic E-state index is 12.6. The number of aliphatic imine (C=N–C) groups is 1. The second-order valence-electron chi connectivity index (χ2n) is 7.23. The highest BCUT2D eigenvalue weighted by atomic mass is 16.5. The number of carbonyl (C=O) groups is 1. The molecular formula is C23H31N7O2. The molecule has 0 spiro atoms. The maximum atomic E-state index is 12.6. The van der Waals surface area contributed by atoms with Crippen LogP contribution in [-0.4, -0.2) is 73.1 Å². The summed E-state index contributed by atoms with van der Waals surface area (Å²) in [6.07, 6.45) is 5.59. The summed E-state index contributed by atoms with van der Waals surface area (Å²) in [4.78, 5) is 29.4. The molecule has 0 atom stereocenters. The molecular weight excluding hydrogens is 406 g/mol. The van der Waals surface area contributed by atoms with E-state index in [4.69, 9.17) is 4.74 Å². The minimum absolute atomic E-state index is 0.129. The monoisotopic (exact) mass is 437 g/mol. The summed E-state index contributed by atoms with van der Waals surface area (Å²) < 4.78 is 5.69. The fourth-order valence-electron chi connectivity index (χ4n) is 3.40. The van der Waals surface area contributed by atoms with E-state index in [0.717, 1.165) is 24.4 Å². The number of carbonyl (C=O) groups excluding carboxylic acids is 1. The van der Waals surface area contributed by atoms with E-state index in [1.165, 1.54) is 0 Å². The number of nitrogens with one attached hydrogen (secondary N) is 2. The summed E-state index contributed by atoms with van der Waals surface area (Å²) in [5, 5.41) is 6.48. The van der Waals surface area contributed by atoms with Crippen molar-refractivity contribution in [3.63, 3.8) is 0 Å². The van der Waals surface area contributed by atoms with Crippen LogP contribution in [0.5, 0.6) is 5.75 Å². The first-order valence-corrected chi connectivity index (χ1v) is 10.8. The van der Waals surface area contributed by atoms with Crippen LogP contribution in [0, 0.1) is 0 Å². The third kappa shape index (κ3) is 6.69. The summed E-state index contributed by atoms with van der Waals surface area (Å²) in [7, 11) is 1.71. The molecule has 9 nitrogen and oxygen atoms in total. The van der Waals surface area contributed by atoms with Crippen LogP contribution in [0.25, 0.3) is 0 Å². The Kier molecular flexibility index (Phi) is 8.85. The molecule has 3 rings (SSSR count). The standard InChI is InChI=1S/C23H31N7O2/c1-3-17-32-20-8-5-4-7-19(20)18-28-22(24-2)25-12-9-21(31)29-13-15-30(16-14-29)23-26-10-6-11-27-23/h3-8,10-11H,1,9,12-18H2,2H3,(H2,24,25,28). The number of ether oxygens (including phenoxy) is 1. The highest BCUT2D eigenvalue weighted by Crippen LogP contribution is 2.17. The Balaban J connectivity index is 1.39. The van der Waals surface area contributed by atoms with Gasteiger partial charge in [0.15, 0.2) is 5.96 Å². The van der Waals surface area contributed by atoms with Crippen LogP contribution in [0.15, 0.2) is 60.4 Å². The van der Waals surface area contributed by atoms with Crippen molar-refractivity contribution < 1.29 is 9.53 Å². The molecule has 32 heavy (non-hydrogen) atoms. The largest absolute Gasteiger partial charge is 0.489 e. The van der Waals surface area contributed by atoms with Crippen molar-refractivity contribution in [1.29, 1.82) is 0 Å². The van der Waals surface area contributed by atoms with Crippen molar-refractivity contribution in [1.82, 2.24) is 25.5 Å². The topological polar surface area (TPSA) is 95.0 Å². The second kappa shape index (κ2) is 12.3. The Morgan fingerprint density at radius 1 is 1.16 bits per heavy atom. The number of nitrogens with zero attached hydrogens (tertiary/aromatic N) is 5. The minimum atomic E-state index is 0.129. The van der Waals surface area contributed by atoms with Crippen molar-refractivity contribution in [2.75, 3.05) is 51.3 Å². The highest BCUT2D eigenvalue weighted by molar-refractivity contribution is 5.81. The summed E-state index contributed by atoms with van der Waals surface area (Å²) in [5.41, 5.74) is 1.02. The Hall–Kier alpha value is -3.62. The van der Waals surface area contributed by atoms with Crippen molar-refractivity contribution >= 4 is 17.8 Å². The first kappa shape index (κ1) is 23.1. The predicted octanol–water partition coefficient (Wildman–Crippen LogP) is 1.45. The molecule has 1 amide bonds. The van der Waals surface area contributed by atoms with E-state index in [1.807, 2.05) is 29.2 Å². The van der Waals surface area contributed by atoms with Gasteiger partial charge in [0, 0.05) is 70.7 Å². The van der Waals surface area contributed by atoms with E-state index in [-0.39, 0.29) is 5.91 Å². The van der Waals surface area contributed by atoms with Gasteiger partial charge in [0.05, 0.1) is 0 Å². The third-order valence-corrected chi connectivity index (χ3v) is 5.10. The average Bonchev–Trinajstić information content (AvgIpc) is 2.85. The number of benzene rings is 1. The van der Waals surface area contributed by atoms with Gasteiger partial charge in [-0.05, 0) is 12.1 Å². The summed E-state index contributed by atoms with van der Waals surface area (Å²) in [6.45, 7) is 8.03. The number of piperazine rings is 1. The Labute approximate surface area is 189 Å². The zero-order chi connectivity index (χ0) is 22.6. The third-order valence-electron chi connectivity index (χ3n) is 5.10. The van der Waals surface area contributed by atoms with E-state index >= 15 is 0 Å². The van der Waals surface area contributed by atoms with Crippen LogP contribution in [0.4, 0.5) is 5.95 Å². The van der Waals surface area contributed by atoms with Crippen molar-refractivity contribution in [3.05, 3.63) is 60.9 Å². The molecule has 1 aromatic heterocycles. The van der Waals surface area contributed by atoms with Gasteiger partial charge in [-0.1, -0.05) is 30.9 Å². The Bertz CT molecular complexity index is 896. The quantitative estimate of drug-likeness (QED) is 0.348. The lowest BCUT2D eigenvalue weighted by atomic mass is 10.2. The molecule has 1 aliphatic heterocycles. The lowest BCUT2D eigenvalue weighted by Gasteiger charge is -2.34. The molecule has 1 aliphatic rings. The lowest BCUT2D eigenvalue weighted by molar-refractivity contribution is -0.131. The van der Waals surface area contributed by atoms with Crippen molar-refractivity contribution in [2.24, 2.45) is 4.99 Å². The first-order chi connectivity index (χ1) is 15.7. The number of rotatable bonds is 9. The molecule has 0 bridgehead atoms. The van der Waals surface area contributed by atoms with E-state index in [1.54, 1.807) is 31.6 Å². The van der Waals surface area contributed by atoms with Gasteiger partial charge in [-0.15, -0.1) is 0 Å². The van der Waals surface area contributed by atoms with Crippen LogP contribution in [0.1, 0.15) is 12.0 Å². The number of hydrogen-bond donors (Lipinski definition) is 2. The van der Waals surface area contributed by atoms with Crippen molar-refractivity contribution in [2.45, 2.75) is 13.0 Å². The highest BCUT2D eigenvalue weighted by Gasteiger charge is 2.22. The zero-order valence-electron chi connectivity index (χ0n) is 18.5. The number of para-hydroxylation sites is 1. The molecule has 0 aliphatic carbocycles. The van der Waals surface area contributed by atoms with Crippen LogP contribution in [-0.2, 0) is 11.3 Å².